The van der Waals surface area contributed by atoms with Crippen molar-refractivity contribution in [3.63, 3.8) is 0 Å². The summed E-state index contributed by atoms with van der Waals surface area (Å²) in [4.78, 5) is 6.86. The molecule has 3 aromatic carbocycles. The summed E-state index contributed by atoms with van der Waals surface area (Å²) in [6, 6.07) is 26.8. The highest BCUT2D eigenvalue weighted by Gasteiger charge is 2.34. The molecule has 2 heterocycles. The number of thiocarbonyl (C=S) groups is 1. The summed E-state index contributed by atoms with van der Waals surface area (Å²) in [5.41, 5.74) is 7.44. The number of benzene rings is 3. The Morgan fingerprint density at radius 3 is 2.14 bits per heavy atom. The fraction of sp³-hybridized carbons (Fsp3) is 0.207. The number of allylic oxidation sites excluding steroid dienone is 1. The van der Waals surface area contributed by atoms with Crippen molar-refractivity contribution in [1.29, 1.82) is 0 Å². The zero-order valence-electron chi connectivity index (χ0n) is 20.2. The predicted molar refractivity (Wildman–Crippen MR) is 145 cm³/mol. The van der Waals surface area contributed by atoms with Crippen molar-refractivity contribution >= 4 is 28.6 Å². The molecule has 4 aromatic rings. The summed E-state index contributed by atoms with van der Waals surface area (Å²) >= 11 is 5.83. The van der Waals surface area contributed by atoms with E-state index in [1.807, 2.05) is 47.4 Å². The molecule has 0 amide bonds. The van der Waals surface area contributed by atoms with E-state index in [9.17, 15) is 0 Å². The standard InChI is InChI=1S/C29H28N4OS/c1-4-20-11-15-22(16-12-20)26-25(19(3)33(29(35)30-26)24-9-7-6-8-10-24)28-31-27(32-34-28)23-17-13-21(5-2)14-18-23/h6-18,26H,4-5H2,1-3H3,(H,30,35). The van der Waals surface area contributed by atoms with E-state index in [0.29, 0.717) is 16.8 Å². The van der Waals surface area contributed by atoms with Crippen molar-refractivity contribution in [3.05, 3.63) is 107 Å². The molecule has 1 atom stereocenters. The largest absolute Gasteiger partial charge is 0.351 e. The van der Waals surface area contributed by atoms with Crippen LogP contribution in [0.2, 0.25) is 0 Å². The molecule has 1 unspecified atom stereocenters. The molecule has 0 saturated heterocycles. The molecular weight excluding hydrogens is 452 g/mol. The number of aromatic nitrogens is 2. The number of nitrogens with one attached hydrogen (secondary N) is 1. The molecule has 0 saturated carbocycles. The third kappa shape index (κ3) is 4.49. The molecule has 1 N–H and O–H groups in total. The monoisotopic (exact) mass is 480 g/mol. The average molecular weight is 481 g/mol. The van der Waals surface area contributed by atoms with Crippen molar-refractivity contribution < 1.29 is 4.52 Å². The highest BCUT2D eigenvalue weighted by atomic mass is 32.1. The van der Waals surface area contributed by atoms with Crippen molar-refractivity contribution in [3.8, 4) is 11.4 Å². The number of aryl methyl sites for hydroxylation is 2. The Morgan fingerprint density at radius 2 is 1.51 bits per heavy atom. The number of nitrogens with zero attached hydrogens (tertiary/aromatic N) is 3. The van der Waals surface area contributed by atoms with Crippen molar-refractivity contribution in [2.24, 2.45) is 0 Å². The van der Waals surface area contributed by atoms with Gasteiger partial charge in [0.1, 0.15) is 0 Å². The smallest absolute Gasteiger partial charge is 0.258 e. The van der Waals surface area contributed by atoms with Gasteiger partial charge in [-0.25, -0.2) is 0 Å². The molecule has 0 bridgehead atoms. The van der Waals surface area contributed by atoms with Gasteiger partial charge in [0, 0.05) is 16.9 Å². The quantitative estimate of drug-likeness (QED) is 0.309. The Hall–Kier alpha value is -3.77. The molecule has 5 nitrogen and oxygen atoms in total. The van der Waals surface area contributed by atoms with Gasteiger partial charge in [-0.3, -0.25) is 4.90 Å². The van der Waals surface area contributed by atoms with Crippen LogP contribution in [0.4, 0.5) is 5.69 Å². The van der Waals surface area contributed by atoms with Crippen LogP contribution in [0.15, 0.2) is 89.1 Å². The normalized spacial score (nSPS) is 15.9. The molecule has 5 rings (SSSR count). The van der Waals surface area contributed by atoms with E-state index in [4.69, 9.17) is 21.7 Å². The Balaban J connectivity index is 1.61. The van der Waals surface area contributed by atoms with Gasteiger partial charge < -0.3 is 9.84 Å². The van der Waals surface area contributed by atoms with Crippen LogP contribution in [0.5, 0.6) is 0 Å². The highest BCUT2D eigenvalue weighted by molar-refractivity contribution is 7.80. The Morgan fingerprint density at radius 1 is 0.886 bits per heavy atom. The topological polar surface area (TPSA) is 54.2 Å². The first-order valence-corrected chi connectivity index (χ1v) is 12.4. The maximum Gasteiger partial charge on any atom is 0.258 e. The van der Waals surface area contributed by atoms with Gasteiger partial charge in [-0.15, -0.1) is 0 Å². The van der Waals surface area contributed by atoms with Crippen LogP contribution in [-0.4, -0.2) is 15.3 Å². The van der Waals surface area contributed by atoms with E-state index in [2.05, 4.69) is 67.6 Å². The van der Waals surface area contributed by atoms with Crippen LogP contribution in [0.25, 0.3) is 17.0 Å². The first-order chi connectivity index (χ1) is 17.1. The van der Waals surface area contributed by atoms with Crippen molar-refractivity contribution in [1.82, 2.24) is 15.5 Å². The molecular formula is C29H28N4OS. The van der Waals surface area contributed by atoms with Crippen LogP contribution in [0, 0.1) is 0 Å². The SMILES string of the molecule is CCc1ccc(-c2noc(C3=C(C)N(c4ccccc4)C(=S)NC3c3ccc(CC)cc3)n2)cc1. The van der Waals surface area contributed by atoms with Crippen LogP contribution >= 0.6 is 12.2 Å². The molecule has 0 spiro atoms. The highest BCUT2D eigenvalue weighted by Crippen LogP contribution is 2.39. The number of rotatable bonds is 6. The Bertz CT molecular complexity index is 1360. The van der Waals surface area contributed by atoms with Crippen molar-refractivity contribution in [2.45, 2.75) is 39.7 Å². The second-order valence-corrected chi connectivity index (χ2v) is 9.01. The van der Waals surface area contributed by atoms with Gasteiger partial charge in [-0.05, 0) is 60.8 Å². The number of para-hydroxylation sites is 1. The van der Waals surface area contributed by atoms with Gasteiger partial charge in [-0.1, -0.05) is 85.7 Å². The van der Waals surface area contributed by atoms with E-state index in [1.165, 1.54) is 11.1 Å². The van der Waals surface area contributed by atoms with E-state index in [1.54, 1.807) is 0 Å². The zero-order valence-corrected chi connectivity index (χ0v) is 21.0. The van der Waals surface area contributed by atoms with E-state index < -0.39 is 0 Å². The summed E-state index contributed by atoms with van der Waals surface area (Å²) in [7, 11) is 0. The van der Waals surface area contributed by atoms with Crippen LogP contribution in [0.3, 0.4) is 0 Å². The lowest BCUT2D eigenvalue weighted by molar-refractivity contribution is 0.404. The lowest BCUT2D eigenvalue weighted by Crippen LogP contribution is -2.46. The lowest BCUT2D eigenvalue weighted by Gasteiger charge is -2.37. The van der Waals surface area contributed by atoms with E-state index in [0.717, 1.165) is 40.9 Å². The molecule has 1 aliphatic heterocycles. The van der Waals surface area contributed by atoms with Gasteiger partial charge >= 0.3 is 0 Å². The number of hydrogen-bond donors (Lipinski definition) is 1. The minimum atomic E-state index is -0.205. The third-order valence-electron chi connectivity index (χ3n) is 6.50. The summed E-state index contributed by atoms with van der Waals surface area (Å²) in [5.74, 6) is 1.06. The molecule has 6 heteroatoms. The molecule has 176 valence electrons. The maximum absolute atomic E-state index is 5.87. The van der Waals surface area contributed by atoms with E-state index in [-0.39, 0.29) is 6.04 Å². The molecule has 1 aromatic heterocycles. The van der Waals surface area contributed by atoms with Gasteiger partial charge in [0.15, 0.2) is 5.11 Å². The first kappa shape index (κ1) is 23.0. The Labute approximate surface area is 211 Å². The predicted octanol–water partition coefficient (Wildman–Crippen LogP) is 6.73. The maximum atomic E-state index is 5.87. The Kier molecular flexibility index (Phi) is 6.47. The minimum Gasteiger partial charge on any atom is -0.351 e. The number of anilines is 1. The van der Waals surface area contributed by atoms with Crippen LogP contribution in [0.1, 0.15) is 49.4 Å². The average Bonchev–Trinajstić information content (AvgIpc) is 3.39. The molecule has 0 radical (unpaired) electrons. The summed E-state index contributed by atoms with van der Waals surface area (Å²) < 4.78 is 5.87. The summed E-state index contributed by atoms with van der Waals surface area (Å²) in [6.45, 7) is 6.36. The van der Waals surface area contributed by atoms with Gasteiger partial charge in [-0.2, -0.15) is 4.98 Å². The van der Waals surface area contributed by atoms with E-state index >= 15 is 0 Å². The summed E-state index contributed by atoms with van der Waals surface area (Å²) in [6.07, 6.45) is 1.98. The number of hydrogen-bond acceptors (Lipinski definition) is 4. The summed E-state index contributed by atoms with van der Waals surface area (Å²) in [5, 5.41) is 8.49. The van der Waals surface area contributed by atoms with Crippen LogP contribution < -0.4 is 10.2 Å². The molecule has 0 aliphatic carbocycles. The molecule has 0 fully saturated rings. The van der Waals surface area contributed by atoms with Crippen molar-refractivity contribution in [2.75, 3.05) is 4.90 Å². The second kappa shape index (κ2) is 9.84. The van der Waals surface area contributed by atoms with Gasteiger partial charge in [0.25, 0.3) is 5.89 Å². The zero-order chi connectivity index (χ0) is 24.4. The fourth-order valence-electron chi connectivity index (χ4n) is 4.44. The lowest BCUT2D eigenvalue weighted by atomic mass is 9.93. The van der Waals surface area contributed by atoms with Gasteiger partial charge in [0.2, 0.25) is 5.82 Å². The first-order valence-electron chi connectivity index (χ1n) is 12.0. The molecule has 1 aliphatic rings. The minimum absolute atomic E-state index is 0.205. The fourth-order valence-corrected chi connectivity index (χ4v) is 4.80. The third-order valence-corrected chi connectivity index (χ3v) is 6.80. The molecule has 35 heavy (non-hydrogen) atoms. The van der Waals surface area contributed by atoms with Gasteiger partial charge in [0.05, 0.1) is 11.6 Å². The van der Waals surface area contributed by atoms with Crippen LogP contribution in [-0.2, 0) is 12.8 Å². The second-order valence-electron chi connectivity index (χ2n) is 8.62.